The maximum Gasteiger partial charge on any atom is 0.220 e. The van der Waals surface area contributed by atoms with Gasteiger partial charge in [0.05, 0.1) is 5.69 Å². The molecule has 0 bridgehead atoms. The van der Waals surface area contributed by atoms with Crippen LogP contribution in [-0.2, 0) is 18.9 Å². The van der Waals surface area contributed by atoms with Gasteiger partial charge >= 0.3 is 0 Å². The SMILES string of the molecule is COCO[C@H]1CN(c2ccc(O)c(-c3cc(C4CC4)nc(N)n3)c2)C[C@@H]1OCOC. The van der Waals surface area contributed by atoms with Crippen molar-refractivity contribution in [2.45, 2.75) is 31.0 Å². The van der Waals surface area contributed by atoms with Gasteiger partial charge < -0.3 is 34.7 Å². The molecule has 1 aliphatic carbocycles. The smallest absolute Gasteiger partial charge is 0.220 e. The Kier molecular flexibility index (Phi) is 6.33. The van der Waals surface area contributed by atoms with Crippen LogP contribution in [0.5, 0.6) is 5.75 Å². The summed E-state index contributed by atoms with van der Waals surface area (Å²) in [5.41, 5.74) is 9.05. The summed E-state index contributed by atoms with van der Waals surface area (Å²) in [5.74, 6) is 0.814. The van der Waals surface area contributed by atoms with Crippen molar-refractivity contribution in [1.82, 2.24) is 9.97 Å². The Hall–Kier alpha value is -2.46. The van der Waals surface area contributed by atoms with Crippen molar-refractivity contribution in [1.29, 1.82) is 0 Å². The third-order valence-corrected chi connectivity index (χ3v) is 5.40. The summed E-state index contributed by atoms with van der Waals surface area (Å²) in [4.78, 5) is 10.9. The van der Waals surface area contributed by atoms with Gasteiger partial charge in [-0.2, -0.15) is 0 Å². The van der Waals surface area contributed by atoms with E-state index in [0.29, 0.717) is 30.3 Å². The highest BCUT2D eigenvalue weighted by molar-refractivity contribution is 5.73. The van der Waals surface area contributed by atoms with Crippen LogP contribution in [0.3, 0.4) is 0 Å². The Labute approximate surface area is 175 Å². The van der Waals surface area contributed by atoms with Crippen LogP contribution < -0.4 is 10.6 Å². The second-order valence-electron chi connectivity index (χ2n) is 7.64. The molecule has 1 saturated carbocycles. The summed E-state index contributed by atoms with van der Waals surface area (Å²) in [6, 6.07) is 7.39. The van der Waals surface area contributed by atoms with Crippen molar-refractivity contribution in [2.24, 2.45) is 0 Å². The highest BCUT2D eigenvalue weighted by Gasteiger charge is 2.35. The van der Waals surface area contributed by atoms with Crippen LogP contribution in [0, 0.1) is 0 Å². The number of phenols is 1. The molecule has 1 aromatic heterocycles. The molecule has 2 atom stereocenters. The van der Waals surface area contributed by atoms with Gasteiger partial charge in [0.25, 0.3) is 0 Å². The maximum atomic E-state index is 10.5. The molecule has 1 aromatic carbocycles. The lowest BCUT2D eigenvalue weighted by Crippen LogP contribution is -2.31. The molecule has 30 heavy (non-hydrogen) atoms. The van der Waals surface area contributed by atoms with Crippen molar-refractivity contribution in [3.05, 3.63) is 30.0 Å². The maximum absolute atomic E-state index is 10.5. The van der Waals surface area contributed by atoms with Crippen LogP contribution >= 0.6 is 0 Å². The van der Waals surface area contributed by atoms with Crippen LogP contribution in [0.15, 0.2) is 24.3 Å². The molecule has 0 unspecified atom stereocenters. The number of nitrogens with zero attached hydrogens (tertiary/aromatic N) is 3. The Morgan fingerprint density at radius 2 is 1.70 bits per heavy atom. The van der Waals surface area contributed by atoms with E-state index >= 15 is 0 Å². The lowest BCUT2D eigenvalue weighted by Gasteiger charge is -2.20. The molecule has 2 aromatic rings. The average Bonchev–Trinajstić information content (AvgIpc) is 3.51. The van der Waals surface area contributed by atoms with E-state index in [1.807, 2.05) is 18.2 Å². The Morgan fingerprint density at radius 1 is 1.03 bits per heavy atom. The van der Waals surface area contributed by atoms with Crippen LogP contribution in [0.25, 0.3) is 11.3 Å². The summed E-state index contributed by atoms with van der Waals surface area (Å²) >= 11 is 0. The minimum Gasteiger partial charge on any atom is -0.507 e. The molecule has 3 N–H and O–H groups in total. The van der Waals surface area contributed by atoms with E-state index in [-0.39, 0.29) is 37.5 Å². The molecule has 1 aliphatic heterocycles. The first kappa shape index (κ1) is 20.8. The number of aromatic hydroxyl groups is 1. The van der Waals surface area contributed by atoms with Gasteiger partial charge in [-0.05, 0) is 37.1 Å². The lowest BCUT2D eigenvalue weighted by atomic mass is 10.1. The number of methoxy groups -OCH3 is 2. The normalized spacial score (nSPS) is 21.3. The van der Waals surface area contributed by atoms with E-state index in [2.05, 4.69) is 14.9 Å². The van der Waals surface area contributed by atoms with Crippen LogP contribution in [0.2, 0.25) is 0 Å². The number of benzene rings is 1. The first-order valence-electron chi connectivity index (χ1n) is 10.0. The molecule has 2 heterocycles. The predicted molar refractivity (Wildman–Crippen MR) is 111 cm³/mol. The van der Waals surface area contributed by atoms with Crippen molar-refractivity contribution in [2.75, 3.05) is 51.5 Å². The Balaban J connectivity index is 1.58. The topological polar surface area (TPSA) is 112 Å². The molecule has 2 aliphatic rings. The van der Waals surface area contributed by atoms with E-state index in [1.165, 1.54) is 0 Å². The molecule has 2 fully saturated rings. The zero-order chi connectivity index (χ0) is 21.1. The molecular weight excluding hydrogens is 388 g/mol. The summed E-state index contributed by atoms with van der Waals surface area (Å²) in [5, 5.41) is 10.5. The van der Waals surface area contributed by atoms with Gasteiger partial charge in [-0.3, -0.25) is 0 Å². The van der Waals surface area contributed by atoms with E-state index < -0.39 is 0 Å². The second kappa shape index (κ2) is 9.13. The fourth-order valence-corrected chi connectivity index (χ4v) is 3.72. The second-order valence-corrected chi connectivity index (χ2v) is 7.64. The highest BCUT2D eigenvalue weighted by atomic mass is 16.7. The standard InChI is InChI=1S/C21H28N4O5/c1-27-11-29-19-9-25(10-20(19)30-12-28-2)14-5-6-18(26)15(7-14)17-8-16(13-3-4-13)23-21(22)24-17/h5-8,13,19-20,26H,3-4,9-12H2,1-2H3,(H2,22,23,24)/t19-,20-/m0/s1. The largest absolute Gasteiger partial charge is 0.507 e. The molecule has 4 rings (SSSR count). The monoisotopic (exact) mass is 416 g/mol. The minimum atomic E-state index is -0.159. The number of aromatic nitrogens is 2. The van der Waals surface area contributed by atoms with E-state index in [0.717, 1.165) is 24.2 Å². The van der Waals surface area contributed by atoms with Gasteiger partial charge in [0.15, 0.2) is 0 Å². The zero-order valence-corrected chi connectivity index (χ0v) is 17.3. The number of nitrogen functional groups attached to an aromatic ring is 1. The molecule has 0 radical (unpaired) electrons. The van der Waals surface area contributed by atoms with Crippen molar-refractivity contribution in [3.63, 3.8) is 0 Å². The third kappa shape index (κ3) is 4.65. The van der Waals surface area contributed by atoms with E-state index in [9.17, 15) is 5.11 Å². The molecule has 162 valence electrons. The van der Waals surface area contributed by atoms with Gasteiger partial charge in [-0.15, -0.1) is 0 Å². The number of rotatable bonds is 9. The average molecular weight is 416 g/mol. The molecule has 0 spiro atoms. The summed E-state index contributed by atoms with van der Waals surface area (Å²) in [7, 11) is 3.18. The van der Waals surface area contributed by atoms with Gasteiger partial charge in [0.2, 0.25) is 5.95 Å². The molecule has 9 nitrogen and oxygen atoms in total. The first-order valence-corrected chi connectivity index (χ1v) is 10.0. The van der Waals surface area contributed by atoms with E-state index in [1.54, 1.807) is 20.3 Å². The minimum absolute atomic E-state index is 0.150. The summed E-state index contributed by atoms with van der Waals surface area (Å²) in [6.07, 6.45) is 1.91. The number of hydrogen-bond acceptors (Lipinski definition) is 9. The molecular formula is C21H28N4O5. The van der Waals surface area contributed by atoms with Gasteiger partial charge in [0.1, 0.15) is 31.5 Å². The number of phenolic OH excluding ortho intramolecular Hbond substituents is 1. The highest BCUT2D eigenvalue weighted by Crippen LogP contribution is 2.41. The van der Waals surface area contributed by atoms with Gasteiger partial charge in [-0.25, -0.2) is 9.97 Å². The number of hydrogen-bond donors (Lipinski definition) is 2. The van der Waals surface area contributed by atoms with Gasteiger partial charge in [0, 0.05) is 50.2 Å². The Morgan fingerprint density at radius 3 is 2.30 bits per heavy atom. The summed E-state index contributed by atoms with van der Waals surface area (Å²) in [6.45, 7) is 1.63. The summed E-state index contributed by atoms with van der Waals surface area (Å²) < 4.78 is 21.7. The fourth-order valence-electron chi connectivity index (χ4n) is 3.72. The Bertz CT molecular complexity index is 860. The predicted octanol–water partition coefficient (Wildman–Crippen LogP) is 2.11. The van der Waals surface area contributed by atoms with E-state index in [4.69, 9.17) is 24.7 Å². The lowest BCUT2D eigenvalue weighted by molar-refractivity contribution is -0.139. The van der Waals surface area contributed by atoms with Crippen LogP contribution in [0.1, 0.15) is 24.5 Å². The molecule has 9 heteroatoms. The van der Waals surface area contributed by atoms with Crippen LogP contribution in [-0.4, -0.2) is 68.2 Å². The van der Waals surface area contributed by atoms with Crippen molar-refractivity contribution in [3.8, 4) is 17.0 Å². The number of nitrogens with two attached hydrogens (primary N) is 1. The van der Waals surface area contributed by atoms with Gasteiger partial charge in [-0.1, -0.05) is 0 Å². The third-order valence-electron chi connectivity index (χ3n) is 5.40. The quantitative estimate of drug-likeness (QED) is 0.594. The zero-order valence-electron chi connectivity index (χ0n) is 17.3. The number of ether oxygens (including phenoxy) is 4. The number of anilines is 2. The molecule has 1 saturated heterocycles. The van der Waals surface area contributed by atoms with Crippen molar-refractivity contribution >= 4 is 11.6 Å². The molecule has 0 amide bonds. The first-order chi connectivity index (χ1) is 14.6. The van der Waals surface area contributed by atoms with Crippen LogP contribution in [0.4, 0.5) is 11.6 Å². The van der Waals surface area contributed by atoms with Crippen molar-refractivity contribution < 1.29 is 24.1 Å². The fraction of sp³-hybridized carbons (Fsp3) is 0.524.